The Labute approximate surface area is 120 Å². The smallest absolute Gasteiger partial charge is 0.318 e. The van der Waals surface area contributed by atoms with Crippen molar-refractivity contribution >= 4 is 6.03 Å². The average Bonchev–Trinajstić information content (AvgIpc) is 2.86. The van der Waals surface area contributed by atoms with Crippen LogP contribution in [-0.4, -0.2) is 39.7 Å². The zero-order valence-electron chi connectivity index (χ0n) is 12.0. The van der Waals surface area contributed by atoms with Gasteiger partial charge in [-0.3, -0.25) is 4.98 Å². The number of hydrogen-bond acceptors (Lipinski definition) is 3. The van der Waals surface area contributed by atoms with Crippen LogP contribution in [0.2, 0.25) is 0 Å². The van der Waals surface area contributed by atoms with E-state index in [1.54, 1.807) is 12.4 Å². The Bertz CT molecular complexity index is 438. The van der Waals surface area contributed by atoms with E-state index in [2.05, 4.69) is 17.2 Å². The highest BCUT2D eigenvalue weighted by molar-refractivity contribution is 5.75. The Hall–Kier alpha value is -1.62. The van der Waals surface area contributed by atoms with Crippen LogP contribution in [0.5, 0.6) is 0 Å². The molecule has 0 aromatic carbocycles. The quantitative estimate of drug-likeness (QED) is 0.864. The Morgan fingerprint density at radius 1 is 1.60 bits per heavy atom. The van der Waals surface area contributed by atoms with Crippen molar-refractivity contribution < 1.29 is 9.90 Å². The SMILES string of the molecule is CC1(CCCO)CCCN1C(=O)NCc1cccnc1. The van der Waals surface area contributed by atoms with E-state index >= 15 is 0 Å². The molecule has 1 unspecified atom stereocenters. The van der Waals surface area contributed by atoms with E-state index in [9.17, 15) is 4.79 Å². The molecule has 1 aliphatic heterocycles. The van der Waals surface area contributed by atoms with Gasteiger partial charge >= 0.3 is 6.03 Å². The van der Waals surface area contributed by atoms with Crippen molar-refractivity contribution in [3.8, 4) is 0 Å². The Morgan fingerprint density at radius 2 is 2.45 bits per heavy atom. The van der Waals surface area contributed by atoms with Crippen molar-refractivity contribution in [2.45, 2.75) is 44.7 Å². The molecular formula is C15H23N3O2. The van der Waals surface area contributed by atoms with E-state index < -0.39 is 0 Å². The van der Waals surface area contributed by atoms with Crippen LogP contribution in [0.1, 0.15) is 38.2 Å². The minimum Gasteiger partial charge on any atom is -0.396 e. The van der Waals surface area contributed by atoms with Crippen LogP contribution in [0.15, 0.2) is 24.5 Å². The van der Waals surface area contributed by atoms with Crippen molar-refractivity contribution in [1.82, 2.24) is 15.2 Å². The molecule has 2 amide bonds. The number of carbonyl (C=O) groups excluding carboxylic acids is 1. The molecule has 0 radical (unpaired) electrons. The number of aliphatic hydroxyl groups is 1. The molecule has 1 aromatic heterocycles. The van der Waals surface area contributed by atoms with Gasteiger partial charge in [0, 0.05) is 37.6 Å². The van der Waals surface area contributed by atoms with Crippen LogP contribution < -0.4 is 5.32 Å². The maximum absolute atomic E-state index is 12.3. The van der Waals surface area contributed by atoms with Gasteiger partial charge in [-0.05, 0) is 44.2 Å². The predicted octanol–water partition coefficient (Wildman–Crippen LogP) is 1.92. The van der Waals surface area contributed by atoms with Crippen LogP contribution >= 0.6 is 0 Å². The second-order valence-corrected chi connectivity index (χ2v) is 5.60. The summed E-state index contributed by atoms with van der Waals surface area (Å²) in [6.45, 7) is 3.58. The monoisotopic (exact) mass is 277 g/mol. The minimum absolute atomic E-state index is 0.0215. The third-order valence-electron chi connectivity index (χ3n) is 4.03. The molecule has 0 bridgehead atoms. The van der Waals surface area contributed by atoms with E-state index in [-0.39, 0.29) is 18.2 Å². The topological polar surface area (TPSA) is 65.5 Å². The number of aliphatic hydroxyl groups excluding tert-OH is 1. The van der Waals surface area contributed by atoms with Crippen molar-refractivity contribution in [1.29, 1.82) is 0 Å². The summed E-state index contributed by atoms with van der Waals surface area (Å²) in [5.74, 6) is 0. The first-order valence-corrected chi connectivity index (χ1v) is 7.21. The molecular weight excluding hydrogens is 254 g/mol. The van der Waals surface area contributed by atoms with Gasteiger partial charge < -0.3 is 15.3 Å². The van der Waals surface area contributed by atoms with Gasteiger partial charge in [-0.15, -0.1) is 0 Å². The zero-order valence-corrected chi connectivity index (χ0v) is 12.0. The Kier molecular flexibility index (Phi) is 4.95. The Balaban J connectivity index is 1.91. The van der Waals surface area contributed by atoms with Gasteiger partial charge in [0.1, 0.15) is 0 Å². The summed E-state index contributed by atoms with van der Waals surface area (Å²) in [5.41, 5.74) is 0.874. The van der Waals surface area contributed by atoms with Crippen molar-refractivity contribution in [3.05, 3.63) is 30.1 Å². The second kappa shape index (κ2) is 6.70. The van der Waals surface area contributed by atoms with Gasteiger partial charge in [0.25, 0.3) is 0 Å². The summed E-state index contributed by atoms with van der Waals surface area (Å²) in [5, 5.41) is 11.9. The first-order chi connectivity index (χ1) is 9.65. The largest absolute Gasteiger partial charge is 0.396 e. The fourth-order valence-corrected chi connectivity index (χ4v) is 2.87. The molecule has 1 aromatic rings. The Morgan fingerprint density at radius 3 is 3.15 bits per heavy atom. The number of nitrogens with zero attached hydrogens (tertiary/aromatic N) is 2. The van der Waals surface area contributed by atoms with Gasteiger partial charge in [-0.25, -0.2) is 4.79 Å². The fraction of sp³-hybridized carbons (Fsp3) is 0.600. The van der Waals surface area contributed by atoms with Crippen LogP contribution in [0.25, 0.3) is 0 Å². The molecule has 1 atom stereocenters. The van der Waals surface area contributed by atoms with E-state index in [0.29, 0.717) is 6.54 Å². The van der Waals surface area contributed by atoms with Gasteiger partial charge in [-0.1, -0.05) is 6.07 Å². The van der Waals surface area contributed by atoms with Crippen molar-refractivity contribution in [3.63, 3.8) is 0 Å². The normalized spacial score (nSPS) is 22.0. The number of urea groups is 1. The molecule has 0 aliphatic carbocycles. The molecule has 2 heterocycles. The van der Waals surface area contributed by atoms with Gasteiger partial charge in [-0.2, -0.15) is 0 Å². The van der Waals surface area contributed by atoms with Crippen LogP contribution in [-0.2, 0) is 6.54 Å². The molecule has 2 N–H and O–H groups in total. The zero-order chi connectivity index (χ0) is 14.4. The highest BCUT2D eigenvalue weighted by atomic mass is 16.3. The number of likely N-dealkylation sites (tertiary alicyclic amines) is 1. The molecule has 5 heteroatoms. The third kappa shape index (κ3) is 3.48. The number of pyridine rings is 1. The highest BCUT2D eigenvalue weighted by Crippen LogP contribution is 2.32. The van der Waals surface area contributed by atoms with E-state index in [1.165, 1.54) is 0 Å². The number of rotatable bonds is 5. The molecule has 1 saturated heterocycles. The molecule has 1 aliphatic rings. The summed E-state index contributed by atoms with van der Waals surface area (Å²) >= 11 is 0. The second-order valence-electron chi connectivity index (χ2n) is 5.60. The first-order valence-electron chi connectivity index (χ1n) is 7.21. The molecule has 1 fully saturated rings. The summed E-state index contributed by atoms with van der Waals surface area (Å²) < 4.78 is 0. The lowest BCUT2D eigenvalue weighted by molar-refractivity contribution is 0.140. The van der Waals surface area contributed by atoms with Crippen LogP contribution in [0.3, 0.4) is 0 Å². The van der Waals surface area contributed by atoms with E-state index in [0.717, 1.165) is 37.8 Å². The van der Waals surface area contributed by atoms with Crippen molar-refractivity contribution in [2.75, 3.05) is 13.2 Å². The van der Waals surface area contributed by atoms with Gasteiger partial charge in [0.2, 0.25) is 0 Å². The number of amides is 2. The first kappa shape index (κ1) is 14.8. The highest BCUT2D eigenvalue weighted by Gasteiger charge is 2.38. The predicted molar refractivity (Wildman–Crippen MR) is 77.1 cm³/mol. The average molecular weight is 277 g/mol. The lowest BCUT2D eigenvalue weighted by Crippen LogP contribution is -2.49. The van der Waals surface area contributed by atoms with E-state index in [1.807, 2.05) is 17.0 Å². The molecule has 2 rings (SSSR count). The maximum Gasteiger partial charge on any atom is 0.318 e. The van der Waals surface area contributed by atoms with Crippen molar-refractivity contribution in [2.24, 2.45) is 0 Å². The summed E-state index contributed by atoms with van der Waals surface area (Å²) in [6.07, 6.45) is 7.11. The van der Waals surface area contributed by atoms with Crippen LogP contribution in [0, 0.1) is 0 Å². The molecule has 20 heavy (non-hydrogen) atoms. The lowest BCUT2D eigenvalue weighted by atomic mass is 9.93. The van der Waals surface area contributed by atoms with Gasteiger partial charge in [0.05, 0.1) is 0 Å². The molecule has 0 saturated carbocycles. The standard InChI is InChI=1S/C15H23N3O2/c1-15(7-4-10-19)6-3-9-18(15)14(20)17-12-13-5-2-8-16-11-13/h2,5,8,11,19H,3-4,6-7,9-10,12H2,1H3,(H,17,20). The minimum atomic E-state index is -0.123. The molecule has 110 valence electrons. The van der Waals surface area contributed by atoms with Crippen LogP contribution in [0.4, 0.5) is 4.79 Å². The number of hydrogen-bond donors (Lipinski definition) is 2. The summed E-state index contributed by atoms with van der Waals surface area (Å²) in [6, 6.07) is 3.79. The van der Waals surface area contributed by atoms with Gasteiger partial charge in [0.15, 0.2) is 0 Å². The lowest BCUT2D eigenvalue weighted by Gasteiger charge is -2.35. The maximum atomic E-state index is 12.3. The molecule has 5 nitrogen and oxygen atoms in total. The fourth-order valence-electron chi connectivity index (χ4n) is 2.87. The summed E-state index contributed by atoms with van der Waals surface area (Å²) in [7, 11) is 0. The number of aromatic nitrogens is 1. The summed E-state index contributed by atoms with van der Waals surface area (Å²) in [4.78, 5) is 18.3. The third-order valence-corrected chi connectivity index (χ3v) is 4.03. The molecule has 0 spiro atoms. The number of carbonyl (C=O) groups is 1. The number of nitrogens with one attached hydrogen (secondary N) is 1. The van der Waals surface area contributed by atoms with E-state index in [4.69, 9.17) is 5.11 Å².